The van der Waals surface area contributed by atoms with E-state index in [1.54, 1.807) is 24.9 Å². The summed E-state index contributed by atoms with van der Waals surface area (Å²) in [6.07, 6.45) is 6.65. The van der Waals surface area contributed by atoms with Crippen molar-refractivity contribution in [3.05, 3.63) is 59.7 Å². The van der Waals surface area contributed by atoms with Gasteiger partial charge in [0.25, 0.3) is 0 Å². The highest BCUT2D eigenvalue weighted by atomic mass is 16.1. The molecule has 0 saturated heterocycles. The third-order valence-electron chi connectivity index (χ3n) is 1.93. The Morgan fingerprint density at radius 2 is 2.06 bits per heavy atom. The van der Waals surface area contributed by atoms with Crippen LogP contribution >= 0.6 is 0 Å². The van der Waals surface area contributed by atoms with Gasteiger partial charge in [0.15, 0.2) is 0 Å². The number of H-pyrrole nitrogens is 2. The highest BCUT2D eigenvalue weighted by Gasteiger charge is 1.90. The molecule has 0 bridgehead atoms. The molecule has 0 spiro atoms. The smallest absolute Gasteiger partial charge is 0.345 e. The van der Waals surface area contributed by atoms with E-state index in [9.17, 15) is 4.79 Å². The minimum atomic E-state index is -0.302. The Labute approximate surface area is 91.2 Å². The number of fused-ring (bicyclic) bond motifs is 1. The van der Waals surface area contributed by atoms with Gasteiger partial charge in [-0.2, -0.15) is 0 Å². The van der Waals surface area contributed by atoms with Crippen molar-refractivity contribution >= 4 is 10.9 Å². The quantitative estimate of drug-likeness (QED) is 0.593. The van der Waals surface area contributed by atoms with Gasteiger partial charge < -0.3 is 9.97 Å². The molecule has 0 aliphatic heterocycles. The van der Waals surface area contributed by atoms with Crippen LogP contribution in [-0.2, 0) is 0 Å². The highest BCUT2D eigenvalue weighted by Crippen LogP contribution is 2.05. The van der Waals surface area contributed by atoms with Crippen LogP contribution in [0.15, 0.2) is 54.0 Å². The van der Waals surface area contributed by atoms with Gasteiger partial charge in [0.1, 0.15) is 0 Å². The van der Waals surface area contributed by atoms with Crippen LogP contribution in [0.4, 0.5) is 0 Å². The van der Waals surface area contributed by atoms with Gasteiger partial charge in [-0.15, -0.1) is 0 Å². The summed E-state index contributed by atoms with van der Waals surface area (Å²) in [7, 11) is 0. The first kappa shape index (κ1) is 10.1. The average Bonchev–Trinajstić information content (AvgIpc) is 2.87. The lowest BCUT2D eigenvalue weighted by Crippen LogP contribution is -2.07. The summed E-state index contributed by atoms with van der Waals surface area (Å²) in [5, 5.41) is 0.951. The second kappa shape index (κ2) is 4.88. The second-order valence-electron chi connectivity index (χ2n) is 3.04. The minimum Gasteiger partial charge on any atom is -0.351 e. The summed E-state index contributed by atoms with van der Waals surface area (Å²) in [4.78, 5) is 23.4. The lowest BCUT2D eigenvalue weighted by molar-refractivity contribution is 1.12. The van der Waals surface area contributed by atoms with Crippen LogP contribution in [0, 0.1) is 0 Å². The van der Waals surface area contributed by atoms with Gasteiger partial charge in [-0.1, -0.05) is 18.2 Å². The third-order valence-corrected chi connectivity index (χ3v) is 1.93. The first-order valence-corrected chi connectivity index (χ1v) is 4.73. The van der Waals surface area contributed by atoms with Crippen molar-refractivity contribution in [2.75, 3.05) is 0 Å². The van der Waals surface area contributed by atoms with Crippen molar-refractivity contribution in [3.8, 4) is 0 Å². The molecule has 1 aromatic carbocycles. The van der Waals surface area contributed by atoms with E-state index in [1.807, 2.05) is 24.3 Å². The predicted octanol–water partition coefficient (Wildman–Crippen LogP) is 1.33. The number of para-hydroxylation sites is 1. The molecule has 3 aromatic rings. The van der Waals surface area contributed by atoms with E-state index >= 15 is 0 Å². The molecule has 0 atom stereocenters. The molecule has 0 radical (unpaired) electrons. The topological polar surface area (TPSA) is 74.4 Å². The molecule has 0 fully saturated rings. The van der Waals surface area contributed by atoms with Crippen LogP contribution < -0.4 is 5.69 Å². The number of nitrogens with one attached hydrogen (secondary N) is 2. The average molecular weight is 214 g/mol. The fourth-order valence-electron chi connectivity index (χ4n) is 1.21. The fraction of sp³-hybridized carbons (Fsp3) is 0. The summed E-state index contributed by atoms with van der Waals surface area (Å²) in [5.41, 5.74) is 0.524. The molecule has 2 N–H and O–H groups in total. The number of rotatable bonds is 0. The van der Waals surface area contributed by atoms with Crippen molar-refractivity contribution in [1.82, 2.24) is 19.9 Å². The van der Waals surface area contributed by atoms with Crippen molar-refractivity contribution in [1.29, 1.82) is 0 Å². The van der Waals surface area contributed by atoms with Crippen molar-refractivity contribution in [2.45, 2.75) is 0 Å². The summed E-state index contributed by atoms with van der Waals surface area (Å²) < 4.78 is 0. The van der Waals surface area contributed by atoms with Gasteiger partial charge in [0.05, 0.1) is 11.8 Å². The molecule has 80 valence electrons. The van der Waals surface area contributed by atoms with Crippen LogP contribution in [0.25, 0.3) is 10.9 Å². The molecule has 5 heteroatoms. The van der Waals surface area contributed by atoms with E-state index < -0.39 is 0 Å². The molecule has 2 heterocycles. The van der Waals surface area contributed by atoms with Crippen LogP contribution in [-0.4, -0.2) is 19.9 Å². The Morgan fingerprint density at radius 3 is 2.75 bits per heavy atom. The van der Waals surface area contributed by atoms with Crippen molar-refractivity contribution in [2.24, 2.45) is 0 Å². The summed E-state index contributed by atoms with van der Waals surface area (Å²) >= 11 is 0. The van der Waals surface area contributed by atoms with Crippen LogP contribution in [0.3, 0.4) is 0 Å². The van der Waals surface area contributed by atoms with Gasteiger partial charge in [-0.05, 0) is 6.07 Å². The van der Waals surface area contributed by atoms with Crippen LogP contribution in [0.1, 0.15) is 0 Å². The lowest BCUT2D eigenvalue weighted by atomic mass is 10.2. The third kappa shape index (κ3) is 2.54. The molecule has 2 aromatic heterocycles. The van der Waals surface area contributed by atoms with E-state index in [2.05, 4.69) is 19.9 Å². The van der Waals surface area contributed by atoms with E-state index in [1.165, 1.54) is 0 Å². The molecule has 16 heavy (non-hydrogen) atoms. The largest absolute Gasteiger partial charge is 0.351 e. The summed E-state index contributed by atoms with van der Waals surface area (Å²) in [6, 6.07) is 7.53. The standard InChI is InChI=1S/C8H6N2O.C3H4N2/c11-8-9-5-6-3-1-2-4-7(6)10-8;1-2-5-3-4-1/h1-5H,(H,9,10,11);1-3H,(H,4,5). The van der Waals surface area contributed by atoms with E-state index in [0.717, 1.165) is 10.9 Å². The molecule has 0 amide bonds. The minimum absolute atomic E-state index is 0.302. The van der Waals surface area contributed by atoms with E-state index in [-0.39, 0.29) is 5.69 Å². The van der Waals surface area contributed by atoms with Gasteiger partial charge in [-0.3, -0.25) is 0 Å². The number of hydrogen-bond donors (Lipinski definition) is 2. The monoisotopic (exact) mass is 214 g/mol. The molecular formula is C11H10N4O. The number of aromatic nitrogens is 4. The molecule has 0 saturated carbocycles. The van der Waals surface area contributed by atoms with Crippen LogP contribution in [0.5, 0.6) is 0 Å². The molecule has 0 unspecified atom stereocenters. The van der Waals surface area contributed by atoms with Gasteiger partial charge in [0.2, 0.25) is 0 Å². The first-order chi connectivity index (χ1) is 7.86. The zero-order valence-electron chi connectivity index (χ0n) is 8.42. The predicted molar refractivity (Wildman–Crippen MR) is 61.0 cm³/mol. The summed E-state index contributed by atoms with van der Waals surface area (Å²) in [6.45, 7) is 0. The second-order valence-corrected chi connectivity index (χ2v) is 3.04. The molecule has 0 aliphatic carbocycles. The number of nitrogens with zero attached hydrogens (tertiary/aromatic N) is 2. The van der Waals surface area contributed by atoms with Crippen LogP contribution in [0.2, 0.25) is 0 Å². The number of benzene rings is 1. The Kier molecular flexibility index (Phi) is 3.08. The van der Waals surface area contributed by atoms with Crippen molar-refractivity contribution in [3.63, 3.8) is 0 Å². The maximum absolute atomic E-state index is 10.7. The van der Waals surface area contributed by atoms with Gasteiger partial charge >= 0.3 is 5.69 Å². The molecular weight excluding hydrogens is 204 g/mol. The molecule has 0 aliphatic rings. The molecule has 3 rings (SSSR count). The number of imidazole rings is 1. The van der Waals surface area contributed by atoms with E-state index in [4.69, 9.17) is 0 Å². The Hall–Kier alpha value is -2.43. The first-order valence-electron chi connectivity index (χ1n) is 4.73. The molecule has 5 nitrogen and oxygen atoms in total. The van der Waals surface area contributed by atoms with Gasteiger partial charge in [0, 0.05) is 24.0 Å². The lowest BCUT2D eigenvalue weighted by Gasteiger charge is -1.92. The Balaban J connectivity index is 0.000000162. The zero-order chi connectivity index (χ0) is 11.2. The maximum Gasteiger partial charge on any atom is 0.345 e. The maximum atomic E-state index is 10.7. The fourth-order valence-corrected chi connectivity index (χ4v) is 1.21. The summed E-state index contributed by atoms with van der Waals surface area (Å²) in [5.74, 6) is 0. The highest BCUT2D eigenvalue weighted by molar-refractivity contribution is 5.76. The number of aromatic amines is 2. The Morgan fingerprint density at radius 1 is 1.19 bits per heavy atom. The zero-order valence-corrected chi connectivity index (χ0v) is 8.42. The number of hydrogen-bond acceptors (Lipinski definition) is 3. The normalized spacial score (nSPS) is 9.50. The SMILES string of the molecule is O=c1ncc2ccccc2[nH]1.c1c[nH]cn1. The van der Waals surface area contributed by atoms with Crippen molar-refractivity contribution < 1.29 is 0 Å². The van der Waals surface area contributed by atoms with Gasteiger partial charge in [-0.25, -0.2) is 14.8 Å². The van der Waals surface area contributed by atoms with E-state index in [0.29, 0.717) is 0 Å². The Bertz CT molecular complexity index is 583.